The first-order valence-corrected chi connectivity index (χ1v) is 9.01. The van der Waals surface area contributed by atoms with Crippen LogP contribution in [0.3, 0.4) is 0 Å². The standard InChI is InChI=1S/C17H24N4OS/c1-12(2)17-19-16(23-20-17)11-21-8-5-14(6-9-21)22-15-4-7-18-10-13(15)3/h4,7,10,12,14H,5-6,8-9,11H2,1-3H3. The second-order valence-electron chi connectivity index (χ2n) is 6.44. The van der Waals surface area contributed by atoms with E-state index in [0.29, 0.717) is 12.0 Å². The van der Waals surface area contributed by atoms with E-state index in [1.165, 1.54) is 11.5 Å². The van der Waals surface area contributed by atoms with Gasteiger partial charge in [-0.1, -0.05) is 13.8 Å². The topological polar surface area (TPSA) is 51.1 Å². The van der Waals surface area contributed by atoms with E-state index in [4.69, 9.17) is 4.74 Å². The average Bonchev–Trinajstić information content (AvgIpc) is 3.00. The van der Waals surface area contributed by atoms with Crippen molar-refractivity contribution < 1.29 is 4.74 Å². The lowest BCUT2D eigenvalue weighted by Crippen LogP contribution is -2.37. The third-order valence-corrected chi connectivity index (χ3v) is 4.87. The predicted molar refractivity (Wildman–Crippen MR) is 91.9 cm³/mol. The second kappa shape index (κ2) is 7.36. The molecule has 5 nitrogen and oxygen atoms in total. The fourth-order valence-electron chi connectivity index (χ4n) is 2.72. The van der Waals surface area contributed by atoms with Crippen LogP contribution in [0.1, 0.15) is 49.0 Å². The monoisotopic (exact) mass is 332 g/mol. The van der Waals surface area contributed by atoms with Crippen molar-refractivity contribution in [2.75, 3.05) is 13.1 Å². The van der Waals surface area contributed by atoms with Crippen molar-refractivity contribution in [2.45, 2.75) is 52.2 Å². The molecule has 0 bridgehead atoms. The molecule has 0 saturated carbocycles. The quantitative estimate of drug-likeness (QED) is 0.840. The van der Waals surface area contributed by atoms with E-state index in [2.05, 4.69) is 33.1 Å². The van der Waals surface area contributed by atoms with Crippen LogP contribution in [0.5, 0.6) is 5.75 Å². The summed E-state index contributed by atoms with van der Waals surface area (Å²) in [6, 6.07) is 1.95. The van der Waals surface area contributed by atoms with Gasteiger partial charge in [-0.3, -0.25) is 9.88 Å². The number of pyridine rings is 1. The molecular weight excluding hydrogens is 308 g/mol. The second-order valence-corrected chi connectivity index (χ2v) is 7.27. The minimum absolute atomic E-state index is 0.299. The summed E-state index contributed by atoms with van der Waals surface area (Å²) in [6.45, 7) is 9.31. The van der Waals surface area contributed by atoms with Crippen LogP contribution >= 0.6 is 11.5 Å². The van der Waals surface area contributed by atoms with E-state index >= 15 is 0 Å². The van der Waals surface area contributed by atoms with Crippen LogP contribution in [0.15, 0.2) is 18.5 Å². The van der Waals surface area contributed by atoms with E-state index in [9.17, 15) is 0 Å². The number of ether oxygens (including phenoxy) is 1. The number of rotatable bonds is 5. The summed E-state index contributed by atoms with van der Waals surface area (Å²) in [7, 11) is 0. The van der Waals surface area contributed by atoms with Crippen LogP contribution in [0.4, 0.5) is 0 Å². The number of nitrogens with zero attached hydrogens (tertiary/aromatic N) is 4. The predicted octanol–water partition coefficient (Wildman–Crippen LogP) is 3.41. The van der Waals surface area contributed by atoms with Crippen LogP contribution in [0, 0.1) is 6.92 Å². The molecule has 124 valence electrons. The molecule has 1 fully saturated rings. The molecule has 0 unspecified atom stereocenters. The molecule has 0 spiro atoms. The summed E-state index contributed by atoms with van der Waals surface area (Å²) >= 11 is 1.54. The summed E-state index contributed by atoms with van der Waals surface area (Å²) in [6.07, 6.45) is 6.05. The summed E-state index contributed by atoms with van der Waals surface area (Å²) < 4.78 is 10.6. The summed E-state index contributed by atoms with van der Waals surface area (Å²) in [5.41, 5.74) is 1.10. The van der Waals surface area contributed by atoms with Gasteiger partial charge in [0.2, 0.25) is 0 Å². The Morgan fingerprint density at radius 3 is 2.78 bits per heavy atom. The van der Waals surface area contributed by atoms with Gasteiger partial charge in [-0.05, 0) is 37.4 Å². The molecule has 2 aromatic heterocycles. The molecule has 0 N–H and O–H groups in total. The first-order valence-electron chi connectivity index (χ1n) is 8.24. The van der Waals surface area contributed by atoms with Gasteiger partial charge in [0.15, 0.2) is 0 Å². The molecule has 0 atom stereocenters. The van der Waals surface area contributed by atoms with Gasteiger partial charge in [0.1, 0.15) is 22.7 Å². The van der Waals surface area contributed by atoms with Gasteiger partial charge in [-0.15, -0.1) is 0 Å². The number of aryl methyl sites for hydroxylation is 1. The number of aromatic nitrogens is 3. The molecule has 1 aliphatic rings. The molecule has 0 aliphatic carbocycles. The smallest absolute Gasteiger partial charge is 0.145 e. The van der Waals surface area contributed by atoms with Gasteiger partial charge < -0.3 is 4.74 Å². The molecule has 2 aromatic rings. The zero-order valence-corrected chi connectivity index (χ0v) is 14.8. The van der Waals surface area contributed by atoms with E-state index in [-0.39, 0.29) is 0 Å². The first kappa shape index (κ1) is 16.3. The lowest BCUT2D eigenvalue weighted by molar-refractivity contribution is 0.0961. The molecule has 0 amide bonds. The highest BCUT2D eigenvalue weighted by Crippen LogP contribution is 2.23. The zero-order chi connectivity index (χ0) is 16.2. The Labute approximate surface area is 141 Å². The van der Waals surface area contributed by atoms with Gasteiger partial charge in [0, 0.05) is 37.0 Å². The lowest BCUT2D eigenvalue weighted by Gasteiger charge is -2.31. The molecule has 0 radical (unpaired) electrons. The fraction of sp³-hybridized carbons (Fsp3) is 0.588. The van der Waals surface area contributed by atoms with Crippen LogP contribution in [0.25, 0.3) is 0 Å². The Balaban J connectivity index is 1.49. The third kappa shape index (κ3) is 4.26. The normalized spacial score (nSPS) is 16.9. The highest BCUT2D eigenvalue weighted by Gasteiger charge is 2.22. The van der Waals surface area contributed by atoms with Crippen LogP contribution < -0.4 is 4.74 Å². The molecule has 23 heavy (non-hydrogen) atoms. The van der Waals surface area contributed by atoms with Crippen molar-refractivity contribution in [1.82, 2.24) is 19.2 Å². The van der Waals surface area contributed by atoms with E-state index in [1.54, 1.807) is 6.20 Å². The lowest BCUT2D eigenvalue weighted by atomic mass is 10.1. The zero-order valence-electron chi connectivity index (χ0n) is 14.0. The number of piperidine rings is 1. The van der Waals surface area contributed by atoms with Gasteiger partial charge in [-0.2, -0.15) is 4.37 Å². The molecule has 3 rings (SSSR count). The van der Waals surface area contributed by atoms with Crippen LogP contribution in [-0.2, 0) is 6.54 Å². The fourth-order valence-corrected chi connectivity index (χ4v) is 3.54. The van der Waals surface area contributed by atoms with Crippen molar-refractivity contribution >= 4 is 11.5 Å². The highest BCUT2D eigenvalue weighted by molar-refractivity contribution is 7.05. The van der Waals surface area contributed by atoms with Crippen LogP contribution in [0.2, 0.25) is 0 Å². The third-order valence-electron chi connectivity index (χ3n) is 4.16. The Bertz CT molecular complexity index is 635. The van der Waals surface area contributed by atoms with Crippen molar-refractivity contribution in [3.63, 3.8) is 0 Å². The first-order chi connectivity index (χ1) is 11.1. The molecular formula is C17H24N4OS. The SMILES string of the molecule is Cc1cnccc1OC1CCN(Cc2nc(C(C)C)ns2)CC1. The number of hydrogen-bond donors (Lipinski definition) is 0. The highest BCUT2D eigenvalue weighted by atomic mass is 32.1. The van der Waals surface area contributed by atoms with E-state index < -0.39 is 0 Å². The average molecular weight is 332 g/mol. The molecule has 1 saturated heterocycles. The maximum atomic E-state index is 6.13. The van der Waals surface area contributed by atoms with Gasteiger partial charge >= 0.3 is 0 Å². The molecule has 3 heterocycles. The number of likely N-dealkylation sites (tertiary alicyclic amines) is 1. The summed E-state index contributed by atoms with van der Waals surface area (Å²) in [5.74, 6) is 2.34. The largest absolute Gasteiger partial charge is 0.490 e. The Morgan fingerprint density at radius 2 is 2.13 bits per heavy atom. The van der Waals surface area contributed by atoms with Gasteiger partial charge in [0.05, 0.1) is 6.54 Å². The van der Waals surface area contributed by atoms with Crippen molar-refractivity contribution in [2.24, 2.45) is 0 Å². The Morgan fingerprint density at radius 1 is 1.35 bits per heavy atom. The molecule has 1 aliphatic heterocycles. The number of hydrogen-bond acceptors (Lipinski definition) is 6. The van der Waals surface area contributed by atoms with E-state index in [0.717, 1.165) is 54.6 Å². The molecule has 6 heteroatoms. The van der Waals surface area contributed by atoms with Crippen molar-refractivity contribution in [3.05, 3.63) is 34.9 Å². The summed E-state index contributed by atoms with van der Waals surface area (Å²) in [5, 5.41) is 1.12. The Hall–Kier alpha value is -1.53. The minimum Gasteiger partial charge on any atom is -0.490 e. The summed E-state index contributed by atoms with van der Waals surface area (Å²) in [4.78, 5) is 11.2. The molecule has 0 aromatic carbocycles. The van der Waals surface area contributed by atoms with Crippen LogP contribution in [-0.4, -0.2) is 38.4 Å². The minimum atomic E-state index is 0.299. The maximum absolute atomic E-state index is 6.13. The van der Waals surface area contributed by atoms with Crippen molar-refractivity contribution in [1.29, 1.82) is 0 Å². The maximum Gasteiger partial charge on any atom is 0.145 e. The van der Waals surface area contributed by atoms with Crippen molar-refractivity contribution in [3.8, 4) is 5.75 Å². The Kier molecular flexibility index (Phi) is 5.23. The van der Waals surface area contributed by atoms with Gasteiger partial charge in [-0.25, -0.2) is 4.98 Å². The van der Waals surface area contributed by atoms with E-state index in [1.807, 2.05) is 19.2 Å². The van der Waals surface area contributed by atoms with Gasteiger partial charge in [0.25, 0.3) is 0 Å².